The number of pyridine rings is 1. The second-order valence-corrected chi connectivity index (χ2v) is 17.1. The van der Waals surface area contributed by atoms with Gasteiger partial charge in [0.1, 0.15) is 24.0 Å². The molecule has 0 bridgehead atoms. The zero-order valence-electron chi connectivity index (χ0n) is 35.1. The SMILES string of the molecule is Cc1cc(C)c(N2CN(c3cccc(Oc4ccc5c6ccccc6n(-c6cc(C(C)(C)C)ccn6)c5c4)c3)c3cc(-c4ccccc4)c(-c4ccccc4)cc32)c(C)c1. The fourth-order valence-corrected chi connectivity index (χ4v) is 9.14. The number of aromatic nitrogens is 2. The minimum Gasteiger partial charge on any atom is -0.457 e. The van der Waals surface area contributed by atoms with Crippen LogP contribution >= 0.6 is 0 Å². The maximum Gasteiger partial charge on any atom is 0.137 e. The zero-order chi connectivity index (χ0) is 41.1. The molecular formula is C55H48N4O. The van der Waals surface area contributed by atoms with Crippen molar-refractivity contribution in [3.05, 3.63) is 192 Å². The molecule has 0 amide bonds. The fourth-order valence-electron chi connectivity index (χ4n) is 9.14. The highest BCUT2D eigenvalue weighted by Gasteiger charge is 2.32. The lowest BCUT2D eigenvalue weighted by Gasteiger charge is -2.26. The Balaban J connectivity index is 1.08. The first kappa shape index (κ1) is 37.2. The van der Waals surface area contributed by atoms with Crippen molar-refractivity contribution in [2.75, 3.05) is 16.5 Å². The van der Waals surface area contributed by atoms with E-state index in [-0.39, 0.29) is 5.41 Å². The summed E-state index contributed by atoms with van der Waals surface area (Å²) < 4.78 is 9.06. The van der Waals surface area contributed by atoms with Crippen LogP contribution < -0.4 is 14.5 Å². The van der Waals surface area contributed by atoms with Crippen molar-refractivity contribution in [2.45, 2.75) is 47.0 Å². The van der Waals surface area contributed by atoms with Crippen molar-refractivity contribution in [3.63, 3.8) is 0 Å². The maximum atomic E-state index is 6.80. The number of ether oxygens (including phenoxy) is 1. The molecule has 0 fully saturated rings. The van der Waals surface area contributed by atoms with Gasteiger partial charge in [-0.2, -0.15) is 0 Å². The summed E-state index contributed by atoms with van der Waals surface area (Å²) in [6.07, 6.45) is 1.92. The van der Waals surface area contributed by atoms with Crippen LogP contribution in [-0.2, 0) is 5.41 Å². The van der Waals surface area contributed by atoms with Crippen LogP contribution in [0.2, 0.25) is 0 Å². The van der Waals surface area contributed by atoms with E-state index in [0.717, 1.165) is 45.1 Å². The molecule has 0 saturated carbocycles. The second-order valence-electron chi connectivity index (χ2n) is 17.1. The van der Waals surface area contributed by atoms with E-state index >= 15 is 0 Å². The van der Waals surface area contributed by atoms with Crippen LogP contribution in [0.3, 0.4) is 0 Å². The lowest BCUT2D eigenvalue weighted by molar-refractivity contribution is 0.483. The topological polar surface area (TPSA) is 33.5 Å². The number of para-hydroxylation sites is 1. The van der Waals surface area contributed by atoms with Gasteiger partial charge in [-0.1, -0.05) is 123 Å². The first-order valence-electron chi connectivity index (χ1n) is 20.8. The van der Waals surface area contributed by atoms with E-state index in [2.05, 4.69) is 220 Å². The highest BCUT2D eigenvalue weighted by Crippen LogP contribution is 2.51. The average Bonchev–Trinajstić information content (AvgIpc) is 3.78. The predicted octanol–water partition coefficient (Wildman–Crippen LogP) is 14.8. The van der Waals surface area contributed by atoms with E-state index in [1.165, 1.54) is 61.3 Å². The number of benzene rings is 7. The molecule has 0 unspecified atom stereocenters. The third-order valence-corrected chi connectivity index (χ3v) is 11.9. The summed E-state index contributed by atoms with van der Waals surface area (Å²) >= 11 is 0. The van der Waals surface area contributed by atoms with Crippen LogP contribution in [0, 0.1) is 20.8 Å². The molecule has 9 aromatic rings. The summed E-state index contributed by atoms with van der Waals surface area (Å²) in [6, 6.07) is 58.7. The molecule has 294 valence electrons. The predicted molar refractivity (Wildman–Crippen MR) is 251 cm³/mol. The largest absolute Gasteiger partial charge is 0.457 e. The Hall–Kier alpha value is -7.11. The molecule has 10 rings (SSSR count). The molecule has 5 nitrogen and oxygen atoms in total. The monoisotopic (exact) mass is 780 g/mol. The van der Waals surface area contributed by atoms with Gasteiger partial charge in [-0.15, -0.1) is 0 Å². The molecular weight excluding hydrogens is 733 g/mol. The number of hydrogen-bond acceptors (Lipinski definition) is 4. The van der Waals surface area contributed by atoms with Crippen LogP contribution in [0.4, 0.5) is 22.7 Å². The first-order valence-corrected chi connectivity index (χ1v) is 20.8. The van der Waals surface area contributed by atoms with Crippen LogP contribution in [0.15, 0.2) is 170 Å². The van der Waals surface area contributed by atoms with Gasteiger partial charge in [-0.05, 0) is 120 Å². The molecule has 1 aliphatic rings. The van der Waals surface area contributed by atoms with Crippen molar-refractivity contribution in [3.8, 4) is 39.6 Å². The smallest absolute Gasteiger partial charge is 0.137 e. The summed E-state index contributed by atoms with van der Waals surface area (Å²) in [4.78, 5) is 9.80. The van der Waals surface area contributed by atoms with Crippen LogP contribution in [-0.4, -0.2) is 16.2 Å². The highest BCUT2D eigenvalue weighted by molar-refractivity contribution is 6.09. The number of fused-ring (bicyclic) bond motifs is 4. The van der Waals surface area contributed by atoms with Crippen LogP contribution in [0.1, 0.15) is 43.0 Å². The van der Waals surface area contributed by atoms with E-state index in [9.17, 15) is 0 Å². The molecule has 0 atom stereocenters. The number of hydrogen-bond donors (Lipinski definition) is 0. The van der Waals surface area contributed by atoms with Crippen molar-refractivity contribution >= 4 is 44.6 Å². The van der Waals surface area contributed by atoms with Gasteiger partial charge in [0.05, 0.1) is 22.4 Å². The highest BCUT2D eigenvalue weighted by atomic mass is 16.5. The summed E-state index contributed by atoms with van der Waals surface area (Å²) in [5.74, 6) is 2.44. The second kappa shape index (κ2) is 14.6. The third kappa shape index (κ3) is 6.57. The van der Waals surface area contributed by atoms with Crippen molar-refractivity contribution in [2.24, 2.45) is 0 Å². The van der Waals surface area contributed by atoms with Gasteiger partial charge in [0.25, 0.3) is 0 Å². The number of aryl methyl sites for hydroxylation is 3. The Kier molecular flexibility index (Phi) is 9.06. The quantitative estimate of drug-likeness (QED) is 0.161. The van der Waals surface area contributed by atoms with Crippen molar-refractivity contribution in [1.29, 1.82) is 0 Å². The van der Waals surface area contributed by atoms with E-state index in [0.29, 0.717) is 6.67 Å². The van der Waals surface area contributed by atoms with E-state index in [1.807, 2.05) is 6.20 Å². The lowest BCUT2D eigenvalue weighted by Crippen LogP contribution is -2.25. The molecule has 2 aromatic heterocycles. The average molecular weight is 781 g/mol. The molecule has 0 N–H and O–H groups in total. The number of anilines is 4. The molecule has 3 heterocycles. The maximum absolute atomic E-state index is 6.80. The van der Waals surface area contributed by atoms with Gasteiger partial charge < -0.3 is 14.5 Å². The van der Waals surface area contributed by atoms with Gasteiger partial charge in [-0.3, -0.25) is 4.57 Å². The molecule has 0 aliphatic carbocycles. The fraction of sp³-hybridized carbons (Fsp3) is 0.145. The first-order chi connectivity index (χ1) is 29.1. The Morgan fingerprint density at radius 2 is 1.15 bits per heavy atom. The summed E-state index contributed by atoms with van der Waals surface area (Å²) in [6.45, 7) is 14.0. The molecule has 1 aliphatic heterocycles. The standard InChI is InChI=1S/C55H48N4O/c1-36-28-37(2)54(38(3)29-36)58-35-57(51-33-47(39-16-9-7-10-17-39)48(34-52(51)58)40-18-11-8-12-19-40)42-20-15-21-43(31-42)60-44-24-25-46-45-22-13-14-23-49(45)59(50(46)32-44)53-30-41(26-27-56-53)55(4,5)6/h7-34H,35H2,1-6H3. The minimum absolute atomic E-state index is 0.00623. The lowest BCUT2D eigenvalue weighted by atomic mass is 9.88. The van der Waals surface area contributed by atoms with Gasteiger partial charge in [0, 0.05) is 40.5 Å². The van der Waals surface area contributed by atoms with E-state index in [4.69, 9.17) is 9.72 Å². The molecule has 0 saturated heterocycles. The van der Waals surface area contributed by atoms with Crippen LogP contribution in [0.25, 0.3) is 49.9 Å². The van der Waals surface area contributed by atoms with Crippen molar-refractivity contribution < 1.29 is 4.74 Å². The normalized spacial score (nSPS) is 12.7. The molecule has 60 heavy (non-hydrogen) atoms. The van der Waals surface area contributed by atoms with Gasteiger partial charge >= 0.3 is 0 Å². The van der Waals surface area contributed by atoms with Crippen LogP contribution in [0.5, 0.6) is 11.5 Å². The van der Waals surface area contributed by atoms with Gasteiger partial charge in [-0.25, -0.2) is 4.98 Å². The van der Waals surface area contributed by atoms with Gasteiger partial charge in [0.15, 0.2) is 0 Å². The van der Waals surface area contributed by atoms with E-state index < -0.39 is 0 Å². The Labute approximate surface area is 352 Å². The Morgan fingerprint density at radius 1 is 0.533 bits per heavy atom. The number of nitrogens with zero attached hydrogens (tertiary/aromatic N) is 4. The Morgan fingerprint density at radius 3 is 1.83 bits per heavy atom. The Bertz CT molecular complexity index is 3040. The van der Waals surface area contributed by atoms with Gasteiger partial charge in [0.2, 0.25) is 0 Å². The summed E-state index contributed by atoms with van der Waals surface area (Å²) in [7, 11) is 0. The zero-order valence-corrected chi connectivity index (χ0v) is 35.1. The molecule has 0 spiro atoms. The molecule has 0 radical (unpaired) electrons. The molecule has 7 aromatic carbocycles. The molecule has 5 heteroatoms. The third-order valence-electron chi connectivity index (χ3n) is 11.9. The van der Waals surface area contributed by atoms with Crippen molar-refractivity contribution in [1.82, 2.24) is 9.55 Å². The van der Waals surface area contributed by atoms with E-state index in [1.54, 1.807) is 0 Å². The summed E-state index contributed by atoms with van der Waals surface area (Å²) in [5, 5.41) is 2.35. The minimum atomic E-state index is -0.00623. The summed E-state index contributed by atoms with van der Waals surface area (Å²) in [5.41, 5.74) is 16.6. The number of rotatable bonds is 7.